The van der Waals surface area contributed by atoms with Gasteiger partial charge in [-0.2, -0.15) is 0 Å². The lowest BCUT2D eigenvalue weighted by Crippen LogP contribution is -2.54. The third-order valence-electron chi connectivity index (χ3n) is 9.73. The lowest BCUT2D eigenvalue weighted by molar-refractivity contribution is -0.119. The summed E-state index contributed by atoms with van der Waals surface area (Å²) in [6, 6.07) is -0.000920. The lowest BCUT2D eigenvalue weighted by Gasteiger charge is -2.61. The standard InChI is InChI=1S/C22H39NO/c1-14-8-10-21(2)15(12-14)4-5-16-17-6-7-19(20(23)13-24)22(17,3)11-9-18(16)21/h14-20,24H,4-13,23H2,1-3H3/t14-,15?,16?,17?,18?,19?,20+,21?,22?/m0/s1. The molecule has 4 saturated carbocycles. The first kappa shape index (κ1) is 17.3. The molecule has 9 atom stereocenters. The van der Waals surface area contributed by atoms with Gasteiger partial charge in [0.15, 0.2) is 0 Å². The number of aliphatic hydroxyl groups is 1. The Morgan fingerprint density at radius 1 is 0.958 bits per heavy atom. The Balaban J connectivity index is 1.59. The number of hydrogen-bond acceptors (Lipinski definition) is 2. The van der Waals surface area contributed by atoms with Gasteiger partial charge in [-0.15, -0.1) is 0 Å². The van der Waals surface area contributed by atoms with Crippen LogP contribution in [0, 0.1) is 46.3 Å². The van der Waals surface area contributed by atoms with Crippen LogP contribution in [0.25, 0.3) is 0 Å². The molecule has 138 valence electrons. The highest BCUT2D eigenvalue weighted by atomic mass is 16.3. The van der Waals surface area contributed by atoms with E-state index < -0.39 is 0 Å². The summed E-state index contributed by atoms with van der Waals surface area (Å²) in [6.07, 6.45) is 12.8. The SMILES string of the molecule is C[C@H]1CCC2(C)C(CCC3C2CCC2(C)C3CCC2[C@H](N)CO)C1. The van der Waals surface area contributed by atoms with E-state index in [0.717, 1.165) is 29.6 Å². The average Bonchev–Trinajstić information content (AvgIpc) is 2.92. The van der Waals surface area contributed by atoms with Gasteiger partial charge in [-0.1, -0.05) is 27.2 Å². The number of rotatable bonds is 2. The summed E-state index contributed by atoms with van der Waals surface area (Å²) in [6.45, 7) is 7.83. The van der Waals surface area contributed by atoms with Crippen LogP contribution in [0.2, 0.25) is 0 Å². The number of nitrogens with two attached hydrogens (primary N) is 1. The summed E-state index contributed by atoms with van der Waals surface area (Å²) in [5.41, 5.74) is 7.35. The zero-order valence-electron chi connectivity index (χ0n) is 16.1. The van der Waals surface area contributed by atoms with Gasteiger partial charge in [-0.3, -0.25) is 0 Å². The van der Waals surface area contributed by atoms with Crippen molar-refractivity contribution < 1.29 is 5.11 Å². The molecule has 0 spiro atoms. The van der Waals surface area contributed by atoms with Crippen molar-refractivity contribution in [1.82, 2.24) is 0 Å². The van der Waals surface area contributed by atoms with Crippen LogP contribution >= 0.6 is 0 Å². The maximum atomic E-state index is 9.63. The summed E-state index contributed by atoms with van der Waals surface area (Å²) in [5, 5.41) is 9.63. The van der Waals surface area contributed by atoms with E-state index in [1.165, 1.54) is 57.8 Å². The second-order valence-electron chi connectivity index (χ2n) is 10.6. The van der Waals surface area contributed by atoms with Crippen LogP contribution in [0.5, 0.6) is 0 Å². The van der Waals surface area contributed by atoms with Crippen LogP contribution in [-0.2, 0) is 0 Å². The van der Waals surface area contributed by atoms with Crippen LogP contribution in [-0.4, -0.2) is 17.8 Å². The number of hydrogen-bond donors (Lipinski definition) is 2. The van der Waals surface area contributed by atoms with Gasteiger partial charge in [0, 0.05) is 6.04 Å². The smallest absolute Gasteiger partial charge is 0.0585 e. The fraction of sp³-hybridized carbons (Fsp3) is 1.00. The maximum Gasteiger partial charge on any atom is 0.0585 e. The maximum absolute atomic E-state index is 9.63. The van der Waals surface area contributed by atoms with Crippen molar-refractivity contribution in [2.24, 2.45) is 52.1 Å². The van der Waals surface area contributed by atoms with Crippen LogP contribution < -0.4 is 5.73 Å². The summed E-state index contributed by atoms with van der Waals surface area (Å²) in [7, 11) is 0. The van der Waals surface area contributed by atoms with Crippen molar-refractivity contribution >= 4 is 0 Å². The Morgan fingerprint density at radius 2 is 1.67 bits per heavy atom. The zero-order chi connectivity index (χ0) is 17.1. The molecule has 0 radical (unpaired) electrons. The molecule has 3 N–H and O–H groups in total. The highest BCUT2D eigenvalue weighted by molar-refractivity contribution is 5.10. The number of fused-ring (bicyclic) bond motifs is 5. The van der Waals surface area contributed by atoms with E-state index in [-0.39, 0.29) is 12.6 Å². The van der Waals surface area contributed by atoms with Crippen molar-refractivity contribution in [3.05, 3.63) is 0 Å². The van der Waals surface area contributed by atoms with Gasteiger partial charge in [0.1, 0.15) is 0 Å². The van der Waals surface area contributed by atoms with Crippen molar-refractivity contribution in [3.63, 3.8) is 0 Å². The van der Waals surface area contributed by atoms with Gasteiger partial charge in [-0.25, -0.2) is 0 Å². The molecular weight excluding hydrogens is 294 g/mol. The first-order chi connectivity index (χ1) is 11.4. The predicted molar refractivity (Wildman–Crippen MR) is 99.4 cm³/mol. The van der Waals surface area contributed by atoms with Crippen molar-refractivity contribution in [2.75, 3.05) is 6.61 Å². The second-order valence-corrected chi connectivity index (χ2v) is 10.6. The third-order valence-corrected chi connectivity index (χ3v) is 9.73. The Bertz CT molecular complexity index is 479. The molecule has 0 aromatic carbocycles. The normalized spacial score (nSPS) is 55.4. The highest BCUT2D eigenvalue weighted by Gasteiger charge is 2.60. The van der Waals surface area contributed by atoms with E-state index >= 15 is 0 Å². The van der Waals surface area contributed by atoms with Crippen LogP contribution in [0.1, 0.15) is 78.6 Å². The van der Waals surface area contributed by atoms with Crippen molar-refractivity contribution in [2.45, 2.75) is 84.6 Å². The minimum atomic E-state index is -0.000920. The molecule has 24 heavy (non-hydrogen) atoms. The van der Waals surface area contributed by atoms with Gasteiger partial charge >= 0.3 is 0 Å². The topological polar surface area (TPSA) is 46.2 Å². The van der Waals surface area contributed by atoms with Crippen LogP contribution in [0.3, 0.4) is 0 Å². The first-order valence-electron chi connectivity index (χ1n) is 10.8. The molecule has 4 aliphatic carbocycles. The molecule has 4 rings (SSSR count). The summed E-state index contributed by atoms with van der Waals surface area (Å²) >= 11 is 0. The van der Waals surface area contributed by atoms with Crippen LogP contribution in [0.4, 0.5) is 0 Å². The van der Waals surface area contributed by atoms with Gasteiger partial charge < -0.3 is 10.8 Å². The molecule has 0 saturated heterocycles. The third kappa shape index (κ3) is 2.35. The Morgan fingerprint density at radius 3 is 2.42 bits per heavy atom. The van der Waals surface area contributed by atoms with Crippen molar-refractivity contribution in [1.29, 1.82) is 0 Å². The lowest BCUT2D eigenvalue weighted by atomic mass is 9.44. The monoisotopic (exact) mass is 333 g/mol. The van der Waals surface area contributed by atoms with E-state index in [2.05, 4.69) is 20.8 Å². The summed E-state index contributed by atoms with van der Waals surface area (Å²) in [4.78, 5) is 0. The van der Waals surface area contributed by atoms with Gasteiger partial charge in [0.2, 0.25) is 0 Å². The molecule has 0 aromatic rings. The van der Waals surface area contributed by atoms with E-state index in [4.69, 9.17) is 5.73 Å². The van der Waals surface area contributed by atoms with E-state index in [1.807, 2.05) is 0 Å². The van der Waals surface area contributed by atoms with Gasteiger partial charge in [0.25, 0.3) is 0 Å². The second kappa shape index (κ2) is 5.98. The Hall–Kier alpha value is -0.0800. The number of aliphatic hydroxyl groups excluding tert-OH is 1. The molecule has 4 fully saturated rings. The minimum Gasteiger partial charge on any atom is -0.395 e. The fourth-order valence-corrected chi connectivity index (χ4v) is 8.34. The first-order valence-corrected chi connectivity index (χ1v) is 10.8. The highest BCUT2D eigenvalue weighted by Crippen LogP contribution is 2.67. The summed E-state index contributed by atoms with van der Waals surface area (Å²) in [5.74, 6) is 5.26. The fourth-order valence-electron chi connectivity index (χ4n) is 8.34. The molecular formula is C22H39NO. The molecule has 0 heterocycles. The van der Waals surface area contributed by atoms with Gasteiger partial charge in [0.05, 0.1) is 6.61 Å². The molecule has 7 unspecified atom stereocenters. The zero-order valence-corrected chi connectivity index (χ0v) is 16.1. The molecule has 2 nitrogen and oxygen atoms in total. The van der Waals surface area contributed by atoms with E-state index in [1.54, 1.807) is 0 Å². The average molecular weight is 334 g/mol. The Labute approximate surface area is 149 Å². The molecule has 4 aliphatic rings. The molecule has 0 bridgehead atoms. The van der Waals surface area contributed by atoms with Crippen molar-refractivity contribution in [3.8, 4) is 0 Å². The van der Waals surface area contributed by atoms with E-state index in [9.17, 15) is 5.11 Å². The quantitative estimate of drug-likeness (QED) is 0.775. The molecule has 2 heteroatoms. The summed E-state index contributed by atoms with van der Waals surface area (Å²) < 4.78 is 0. The van der Waals surface area contributed by atoms with E-state index in [0.29, 0.717) is 16.7 Å². The Kier molecular flexibility index (Phi) is 4.32. The minimum absolute atomic E-state index is 0.000920. The molecule has 0 amide bonds. The molecule has 0 aliphatic heterocycles. The largest absolute Gasteiger partial charge is 0.395 e. The van der Waals surface area contributed by atoms with Crippen LogP contribution in [0.15, 0.2) is 0 Å². The molecule has 0 aromatic heterocycles. The predicted octanol–water partition coefficient (Wildman–Crippen LogP) is 4.60. The van der Waals surface area contributed by atoms with Gasteiger partial charge in [-0.05, 0) is 97.7 Å².